The van der Waals surface area contributed by atoms with Gasteiger partial charge in [-0.15, -0.1) is 0 Å². The predicted octanol–water partition coefficient (Wildman–Crippen LogP) is 2.49. The van der Waals surface area contributed by atoms with E-state index in [2.05, 4.69) is 34.5 Å². The average molecular weight is 290 g/mol. The molecule has 0 spiro atoms. The Morgan fingerprint density at radius 2 is 2.00 bits per heavy atom. The third kappa shape index (κ3) is 5.14. The number of hydrogen-bond acceptors (Lipinski definition) is 3. The highest BCUT2D eigenvalue weighted by molar-refractivity contribution is 5.73. The molecule has 0 amide bonds. The quantitative estimate of drug-likeness (QED) is 0.810. The molecule has 0 aliphatic carbocycles. The monoisotopic (exact) mass is 290 g/mol. The van der Waals surface area contributed by atoms with E-state index in [1.165, 1.54) is 5.56 Å². The van der Waals surface area contributed by atoms with Crippen molar-refractivity contribution in [1.29, 1.82) is 0 Å². The number of likely N-dealkylation sites (tertiary alicyclic amines) is 1. The summed E-state index contributed by atoms with van der Waals surface area (Å²) in [7, 11) is 0. The molecule has 1 aliphatic rings. The van der Waals surface area contributed by atoms with Gasteiger partial charge < -0.3 is 10.4 Å². The van der Waals surface area contributed by atoms with Gasteiger partial charge in [-0.2, -0.15) is 0 Å². The summed E-state index contributed by atoms with van der Waals surface area (Å²) < 4.78 is 0. The first kappa shape index (κ1) is 16.0. The zero-order chi connectivity index (χ0) is 15.1. The van der Waals surface area contributed by atoms with Gasteiger partial charge in [0.1, 0.15) is 6.04 Å². The van der Waals surface area contributed by atoms with Crippen molar-refractivity contribution in [3.8, 4) is 0 Å². The number of carboxylic acid groups (broad SMARTS) is 1. The summed E-state index contributed by atoms with van der Waals surface area (Å²) in [4.78, 5) is 13.6. The SMILES string of the molecule is CCCC(NC1CCN(Cc2ccccc2)CC1)C(=O)O. The maximum Gasteiger partial charge on any atom is 0.320 e. The van der Waals surface area contributed by atoms with Crippen LogP contribution in [0.5, 0.6) is 0 Å². The van der Waals surface area contributed by atoms with Crippen LogP contribution in [0.3, 0.4) is 0 Å². The number of aliphatic carboxylic acids is 1. The molecule has 0 bridgehead atoms. The fourth-order valence-corrected chi connectivity index (χ4v) is 2.95. The number of carbonyl (C=O) groups is 1. The van der Waals surface area contributed by atoms with Crippen LogP contribution < -0.4 is 5.32 Å². The molecule has 2 rings (SSSR count). The highest BCUT2D eigenvalue weighted by atomic mass is 16.4. The van der Waals surface area contributed by atoms with Crippen molar-refractivity contribution in [3.05, 3.63) is 35.9 Å². The van der Waals surface area contributed by atoms with E-state index in [0.717, 1.165) is 38.9 Å². The Labute approximate surface area is 127 Å². The number of rotatable bonds is 7. The molecule has 2 N–H and O–H groups in total. The van der Waals surface area contributed by atoms with Gasteiger partial charge in [0.15, 0.2) is 0 Å². The van der Waals surface area contributed by atoms with E-state index < -0.39 is 5.97 Å². The van der Waals surface area contributed by atoms with Gasteiger partial charge in [0, 0.05) is 12.6 Å². The maximum absolute atomic E-state index is 11.2. The molecule has 116 valence electrons. The first-order chi connectivity index (χ1) is 10.2. The zero-order valence-electron chi connectivity index (χ0n) is 12.8. The van der Waals surface area contributed by atoms with Crippen LogP contribution in [0.1, 0.15) is 38.2 Å². The van der Waals surface area contributed by atoms with Crippen LogP contribution in [0, 0.1) is 0 Å². The molecule has 1 fully saturated rings. The standard InChI is InChI=1S/C17H26N2O2/c1-2-6-16(17(20)21)18-15-9-11-19(12-10-15)13-14-7-4-3-5-8-14/h3-5,7-8,15-16,18H,2,6,9-13H2,1H3,(H,20,21). The smallest absolute Gasteiger partial charge is 0.320 e. The number of nitrogens with one attached hydrogen (secondary N) is 1. The Hall–Kier alpha value is -1.39. The summed E-state index contributed by atoms with van der Waals surface area (Å²) in [5, 5.41) is 12.5. The zero-order valence-corrected chi connectivity index (χ0v) is 12.8. The Kier molecular flexibility index (Phi) is 6.21. The maximum atomic E-state index is 11.2. The number of nitrogens with zero attached hydrogens (tertiary/aromatic N) is 1. The Morgan fingerprint density at radius 3 is 2.57 bits per heavy atom. The van der Waals surface area contributed by atoms with E-state index in [0.29, 0.717) is 12.5 Å². The molecule has 4 nitrogen and oxygen atoms in total. The fourth-order valence-electron chi connectivity index (χ4n) is 2.95. The lowest BCUT2D eigenvalue weighted by Gasteiger charge is -2.33. The van der Waals surface area contributed by atoms with Gasteiger partial charge >= 0.3 is 5.97 Å². The molecule has 1 aromatic rings. The van der Waals surface area contributed by atoms with Crippen LogP contribution in [0.25, 0.3) is 0 Å². The lowest BCUT2D eigenvalue weighted by Crippen LogP contribution is -2.48. The van der Waals surface area contributed by atoms with E-state index in [9.17, 15) is 9.90 Å². The van der Waals surface area contributed by atoms with Crippen LogP contribution in [0.4, 0.5) is 0 Å². The predicted molar refractivity (Wildman–Crippen MR) is 84.2 cm³/mol. The molecule has 1 saturated heterocycles. The van der Waals surface area contributed by atoms with Crippen molar-refractivity contribution < 1.29 is 9.90 Å². The summed E-state index contributed by atoms with van der Waals surface area (Å²) in [6.45, 7) is 5.08. The normalized spacial score (nSPS) is 18.5. The molecule has 0 radical (unpaired) electrons. The summed E-state index contributed by atoms with van der Waals surface area (Å²) >= 11 is 0. The van der Waals surface area contributed by atoms with Gasteiger partial charge in [-0.25, -0.2) is 0 Å². The van der Waals surface area contributed by atoms with Crippen LogP contribution in [0.2, 0.25) is 0 Å². The van der Waals surface area contributed by atoms with Crippen molar-refractivity contribution in [2.45, 2.75) is 51.2 Å². The van der Waals surface area contributed by atoms with E-state index in [1.807, 2.05) is 13.0 Å². The summed E-state index contributed by atoms with van der Waals surface area (Å²) in [6.07, 6.45) is 3.66. The molecule has 1 aliphatic heterocycles. The second-order valence-corrected chi connectivity index (χ2v) is 5.88. The minimum atomic E-state index is -0.719. The van der Waals surface area contributed by atoms with Crippen LogP contribution >= 0.6 is 0 Å². The van der Waals surface area contributed by atoms with Crippen molar-refractivity contribution >= 4 is 5.97 Å². The van der Waals surface area contributed by atoms with Gasteiger partial charge in [0.25, 0.3) is 0 Å². The van der Waals surface area contributed by atoms with E-state index >= 15 is 0 Å². The first-order valence-electron chi connectivity index (χ1n) is 7.94. The molecular formula is C17H26N2O2. The molecule has 1 aromatic carbocycles. The molecule has 21 heavy (non-hydrogen) atoms. The highest BCUT2D eigenvalue weighted by Gasteiger charge is 2.24. The van der Waals surface area contributed by atoms with Gasteiger partial charge in [-0.1, -0.05) is 43.7 Å². The molecule has 0 aromatic heterocycles. The number of hydrogen-bond donors (Lipinski definition) is 2. The van der Waals surface area contributed by atoms with Crippen LogP contribution in [0.15, 0.2) is 30.3 Å². The van der Waals surface area contributed by atoms with Gasteiger partial charge in [-0.3, -0.25) is 9.69 Å². The van der Waals surface area contributed by atoms with Crippen LogP contribution in [-0.4, -0.2) is 41.1 Å². The number of carboxylic acids is 1. The molecule has 4 heteroatoms. The van der Waals surface area contributed by atoms with Crippen LogP contribution in [-0.2, 0) is 11.3 Å². The minimum Gasteiger partial charge on any atom is -0.480 e. The largest absolute Gasteiger partial charge is 0.480 e. The summed E-state index contributed by atoms with van der Waals surface area (Å²) in [5.74, 6) is -0.719. The Bertz CT molecular complexity index is 428. The average Bonchev–Trinajstić information content (AvgIpc) is 2.49. The second kappa shape index (κ2) is 8.15. The van der Waals surface area contributed by atoms with E-state index in [-0.39, 0.29) is 6.04 Å². The van der Waals surface area contributed by atoms with E-state index in [4.69, 9.17) is 0 Å². The number of piperidine rings is 1. The third-order valence-electron chi connectivity index (χ3n) is 4.15. The van der Waals surface area contributed by atoms with Crippen molar-refractivity contribution in [2.75, 3.05) is 13.1 Å². The van der Waals surface area contributed by atoms with Gasteiger partial charge in [0.2, 0.25) is 0 Å². The second-order valence-electron chi connectivity index (χ2n) is 5.88. The summed E-state index contributed by atoms with van der Waals surface area (Å²) in [6, 6.07) is 10.5. The van der Waals surface area contributed by atoms with Gasteiger partial charge in [-0.05, 0) is 37.9 Å². The lowest BCUT2D eigenvalue weighted by atomic mass is 10.0. The first-order valence-corrected chi connectivity index (χ1v) is 7.94. The minimum absolute atomic E-state index is 0.338. The van der Waals surface area contributed by atoms with Crippen molar-refractivity contribution in [3.63, 3.8) is 0 Å². The van der Waals surface area contributed by atoms with Crippen molar-refractivity contribution in [1.82, 2.24) is 10.2 Å². The molecular weight excluding hydrogens is 264 g/mol. The van der Waals surface area contributed by atoms with Crippen molar-refractivity contribution in [2.24, 2.45) is 0 Å². The van der Waals surface area contributed by atoms with E-state index in [1.54, 1.807) is 0 Å². The molecule has 1 atom stereocenters. The molecule has 1 heterocycles. The topological polar surface area (TPSA) is 52.6 Å². The van der Waals surface area contributed by atoms with Gasteiger partial charge in [0.05, 0.1) is 0 Å². The lowest BCUT2D eigenvalue weighted by molar-refractivity contribution is -0.140. The Morgan fingerprint density at radius 1 is 1.33 bits per heavy atom. The Balaban J connectivity index is 1.76. The fraction of sp³-hybridized carbons (Fsp3) is 0.588. The highest BCUT2D eigenvalue weighted by Crippen LogP contribution is 2.15. The molecule has 0 saturated carbocycles. The number of benzene rings is 1. The third-order valence-corrected chi connectivity index (χ3v) is 4.15. The summed E-state index contributed by atoms with van der Waals surface area (Å²) in [5.41, 5.74) is 1.35. The molecule has 1 unspecified atom stereocenters.